The van der Waals surface area contributed by atoms with Crippen LogP contribution >= 0.6 is 0 Å². The average Bonchev–Trinajstić information content (AvgIpc) is 2.88. The molecular formula is C14H16F2N2O2. The smallest absolute Gasteiger partial charge is 0.387 e. The van der Waals surface area contributed by atoms with Gasteiger partial charge in [-0.1, -0.05) is 6.92 Å². The van der Waals surface area contributed by atoms with E-state index in [1.807, 2.05) is 0 Å². The Morgan fingerprint density at radius 3 is 2.70 bits per heavy atom. The Kier molecular flexibility index (Phi) is 5.06. The number of nitrogens with zero attached hydrogens (tertiary/aromatic N) is 1. The number of rotatable bonds is 7. The zero-order valence-corrected chi connectivity index (χ0v) is 11.1. The lowest BCUT2D eigenvalue weighted by atomic mass is 10.2. The summed E-state index contributed by atoms with van der Waals surface area (Å²) in [6.45, 7) is 0.828. The van der Waals surface area contributed by atoms with Crippen molar-refractivity contribution < 1.29 is 17.9 Å². The molecule has 0 saturated heterocycles. The molecular weight excluding hydrogens is 266 g/mol. The Morgan fingerprint density at radius 2 is 2.05 bits per heavy atom. The first-order valence-electron chi connectivity index (χ1n) is 6.39. The molecule has 0 saturated carbocycles. The lowest BCUT2D eigenvalue weighted by molar-refractivity contribution is -0.0498. The predicted octanol–water partition coefficient (Wildman–Crippen LogP) is 3.44. The second-order valence-electron chi connectivity index (χ2n) is 4.22. The molecule has 0 radical (unpaired) electrons. The molecule has 1 N–H and O–H groups in total. The number of halogens is 2. The van der Waals surface area contributed by atoms with Crippen LogP contribution in [0, 0.1) is 0 Å². The minimum absolute atomic E-state index is 0.111. The molecule has 0 amide bonds. The highest BCUT2D eigenvalue weighted by atomic mass is 19.3. The molecule has 0 aliphatic heterocycles. The van der Waals surface area contributed by atoms with Gasteiger partial charge < -0.3 is 14.5 Å². The lowest BCUT2D eigenvalue weighted by Crippen LogP contribution is -2.13. The third-order valence-corrected chi connectivity index (χ3v) is 2.61. The molecule has 2 rings (SSSR count). The van der Waals surface area contributed by atoms with Gasteiger partial charge in [-0.2, -0.15) is 8.78 Å². The molecule has 2 aromatic rings. The van der Waals surface area contributed by atoms with Crippen LogP contribution in [0.15, 0.2) is 34.9 Å². The largest absolute Gasteiger partial charge is 0.444 e. The summed E-state index contributed by atoms with van der Waals surface area (Å²) in [6.07, 6.45) is 2.64. The summed E-state index contributed by atoms with van der Waals surface area (Å²) in [5, 5.41) is 3.22. The second kappa shape index (κ2) is 7.00. The Morgan fingerprint density at radius 1 is 1.30 bits per heavy atom. The molecule has 1 aromatic carbocycles. The molecule has 0 bridgehead atoms. The summed E-state index contributed by atoms with van der Waals surface area (Å²) < 4.78 is 33.7. The first-order valence-corrected chi connectivity index (χ1v) is 6.39. The van der Waals surface area contributed by atoms with Crippen LogP contribution < -0.4 is 10.1 Å². The van der Waals surface area contributed by atoms with Crippen LogP contribution in [0.4, 0.5) is 8.78 Å². The molecule has 0 spiro atoms. The SMILES string of the molecule is CCCNCc1coc(-c2ccc(OC(F)F)cc2)n1. The van der Waals surface area contributed by atoms with Crippen molar-refractivity contribution in [2.75, 3.05) is 6.54 Å². The number of nitrogens with one attached hydrogen (secondary N) is 1. The summed E-state index contributed by atoms with van der Waals surface area (Å²) in [5.74, 6) is 0.571. The molecule has 1 aromatic heterocycles. The van der Waals surface area contributed by atoms with Crippen LogP contribution in [-0.2, 0) is 6.54 Å². The van der Waals surface area contributed by atoms with Gasteiger partial charge in [0.25, 0.3) is 0 Å². The highest BCUT2D eigenvalue weighted by Gasteiger charge is 2.08. The van der Waals surface area contributed by atoms with Crippen LogP contribution in [0.2, 0.25) is 0 Å². The Labute approximate surface area is 115 Å². The van der Waals surface area contributed by atoms with Gasteiger partial charge in [0.15, 0.2) is 0 Å². The van der Waals surface area contributed by atoms with E-state index in [-0.39, 0.29) is 5.75 Å². The Hall–Kier alpha value is -1.95. The van der Waals surface area contributed by atoms with Gasteiger partial charge in [0.1, 0.15) is 12.0 Å². The highest BCUT2D eigenvalue weighted by molar-refractivity contribution is 5.54. The number of hydrogen-bond donors (Lipinski definition) is 1. The molecule has 20 heavy (non-hydrogen) atoms. The first-order chi connectivity index (χ1) is 9.69. The highest BCUT2D eigenvalue weighted by Crippen LogP contribution is 2.22. The van der Waals surface area contributed by atoms with E-state index in [9.17, 15) is 8.78 Å². The van der Waals surface area contributed by atoms with Gasteiger partial charge >= 0.3 is 6.61 Å². The van der Waals surface area contributed by atoms with Crippen LogP contribution in [0.1, 0.15) is 19.0 Å². The fourth-order valence-corrected chi connectivity index (χ4v) is 1.69. The zero-order chi connectivity index (χ0) is 14.4. The maximum Gasteiger partial charge on any atom is 0.387 e. The quantitative estimate of drug-likeness (QED) is 0.790. The fraction of sp³-hybridized carbons (Fsp3) is 0.357. The fourth-order valence-electron chi connectivity index (χ4n) is 1.69. The van der Waals surface area contributed by atoms with Gasteiger partial charge in [-0.25, -0.2) is 4.98 Å². The summed E-state index contributed by atoms with van der Waals surface area (Å²) in [6, 6.07) is 6.18. The number of alkyl halides is 2. The standard InChI is InChI=1S/C14H16F2N2O2/c1-2-7-17-8-11-9-19-13(18-11)10-3-5-12(6-4-10)20-14(15)16/h3-6,9,14,17H,2,7-8H2,1H3. The van der Waals surface area contributed by atoms with E-state index in [0.717, 1.165) is 18.7 Å². The molecule has 0 aliphatic carbocycles. The van der Waals surface area contributed by atoms with E-state index in [0.29, 0.717) is 18.0 Å². The minimum Gasteiger partial charge on any atom is -0.444 e. The van der Waals surface area contributed by atoms with Gasteiger partial charge in [-0.05, 0) is 37.2 Å². The minimum atomic E-state index is -2.82. The van der Waals surface area contributed by atoms with Crippen molar-refractivity contribution in [2.24, 2.45) is 0 Å². The van der Waals surface area contributed by atoms with Crippen LogP contribution in [0.25, 0.3) is 11.5 Å². The van der Waals surface area contributed by atoms with Gasteiger partial charge in [0.2, 0.25) is 5.89 Å². The summed E-state index contributed by atoms with van der Waals surface area (Å²) in [4.78, 5) is 4.32. The summed E-state index contributed by atoms with van der Waals surface area (Å²) in [5.41, 5.74) is 1.52. The molecule has 0 unspecified atom stereocenters. The average molecular weight is 282 g/mol. The third-order valence-electron chi connectivity index (χ3n) is 2.61. The molecule has 1 heterocycles. The molecule has 6 heteroatoms. The van der Waals surface area contributed by atoms with E-state index < -0.39 is 6.61 Å². The monoisotopic (exact) mass is 282 g/mol. The maximum atomic E-state index is 12.0. The number of ether oxygens (including phenoxy) is 1. The van der Waals surface area contributed by atoms with Crippen molar-refractivity contribution in [1.82, 2.24) is 10.3 Å². The summed E-state index contributed by atoms with van der Waals surface area (Å²) >= 11 is 0. The predicted molar refractivity (Wildman–Crippen MR) is 70.6 cm³/mol. The third kappa shape index (κ3) is 4.03. The number of aromatic nitrogens is 1. The van der Waals surface area contributed by atoms with Crippen molar-refractivity contribution in [1.29, 1.82) is 0 Å². The number of hydrogen-bond acceptors (Lipinski definition) is 4. The molecule has 0 aliphatic rings. The first kappa shape index (κ1) is 14.5. The van der Waals surface area contributed by atoms with Crippen molar-refractivity contribution in [2.45, 2.75) is 26.5 Å². The van der Waals surface area contributed by atoms with Crippen molar-refractivity contribution in [3.8, 4) is 17.2 Å². The summed E-state index contributed by atoms with van der Waals surface area (Å²) in [7, 11) is 0. The van der Waals surface area contributed by atoms with Gasteiger partial charge in [-0.3, -0.25) is 0 Å². The zero-order valence-electron chi connectivity index (χ0n) is 11.1. The van der Waals surface area contributed by atoms with Gasteiger partial charge in [0, 0.05) is 12.1 Å². The van der Waals surface area contributed by atoms with Crippen LogP contribution in [-0.4, -0.2) is 18.1 Å². The molecule has 0 fully saturated rings. The van der Waals surface area contributed by atoms with Gasteiger partial charge in [-0.15, -0.1) is 0 Å². The van der Waals surface area contributed by atoms with Crippen molar-refractivity contribution in [3.63, 3.8) is 0 Å². The normalized spacial score (nSPS) is 11.0. The Bertz CT molecular complexity index is 526. The Balaban J connectivity index is 2.00. The van der Waals surface area contributed by atoms with E-state index in [4.69, 9.17) is 4.42 Å². The van der Waals surface area contributed by atoms with E-state index >= 15 is 0 Å². The van der Waals surface area contributed by atoms with Gasteiger partial charge in [0.05, 0.1) is 5.69 Å². The molecule has 4 nitrogen and oxygen atoms in total. The number of oxazole rings is 1. The van der Waals surface area contributed by atoms with Crippen LogP contribution in [0.3, 0.4) is 0 Å². The van der Waals surface area contributed by atoms with Crippen LogP contribution in [0.5, 0.6) is 5.75 Å². The van der Waals surface area contributed by atoms with E-state index in [1.54, 1.807) is 18.4 Å². The van der Waals surface area contributed by atoms with E-state index in [1.165, 1.54) is 12.1 Å². The molecule has 0 atom stereocenters. The topological polar surface area (TPSA) is 47.3 Å². The van der Waals surface area contributed by atoms with Crippen molar-refractivity contribution in [3.05, 3.63) is 36.2 Å². The van der Waals surface area contributed by atoms with Crippen molar-refractivity contribution >= 4 is 0 Å². The maximum absolute atomic E-state index is 12.0. The molecule has 108 valence electrons. The number of benzene rings is 1. The van der Waals surface area contributed by atoms with E-state index in [2.05, 4.69) is 22.0 Å². The second-order valence-corrected chi connectivity index (χ2v) is 4.22. The lowest BCUT2D eigenvalue weighted by Gasteiger charge is -2.03.